The van der Waals surface area contributed by atoms with Crippen LogP contribution in [0.3, 0.4) is 0 Å². The molecule has 0 spiro atoms. The highest BCUT2D eigenvalue weighted by atomic mass is 16.5. The maximum absolute atomic E-state index is 6.41. The molecular formula is C45H31N3O. The fraction of sp³-hybridized carbons (Fsp3) is 0.0222. The number of nitrogens with one attached hydrogen (secondary N) is 1. The Balaban J connectivity index is 1.12. The molecule has 4 heteroatoms. The molecule has 9 rings (SSSR count). The summed E-state index contributed by atoms with van der Waals surface area (Å²) in [6.07, 6.45) is -0.207. The summed E-state index contributed by atoms with van der Waals surface area (Å²) >= 11 is 0. The van der Waals surface area contributed by atoms with Crippen molar-refractivity contribution in [1.82, 2.24) is 9.97 Å². The topological polar surface area (TPSA) is 47.0 Å². The molecule has 0 radical (unpaired) electrons. The van der Waals surface area contributed by atoms with Gasteiger partial charge in [0.05, 0.1) is 17.1 Å². The first-order valence-electron chi connectivity index (χ1n) is 16.5. The second-order valence-electron chi connectivity index (χ2n) is 12.2. The average Bonchev–Trinajstić information content (AvgIpc) is 3.62. The van der Waals surface area contributed by atoms with E-state index in [-0.39, 0.29) is 6.23 Å². The monoisotopic (exact) mass is 629 g/mol. The molecule has 1 aliphatic heterocycles. The highest BCUT2D eigenvalue weighted by Crippen LogP contribution is 2.44. The average molecular weight is 630 g/mol. The van der Waals surface area contributed by atoms with Crippen molar-refractivity contribution >= 4 is 16.5 Å². The molecule has 1 N–H and O–H groups in total. The van der Waals surface area contributed by atoms with Crippen LogP contribution in [0.1, 0.15) is 11.8 Å². The normalized spacial score (nSPS) is 13.4. The van der Waals surface area contributed by atoms with Crippen molar-refractivity contribution in [2.24, 2.45) is 0 Å². The largest absolute Gasteiger partial charge is 0.464 e. The molecule has 0 saturated heterocycles. The lowest BCUT2D eigenvalue weighted by molar-refractivity contribution is 0.260. The van der Waals surface area contributed by atoms with Crippen LogP contribution in [0, 0.1) is 0 Å². The molecular weight excluding hydrogens is 599 g/mol. The molecule has 7 aromatic carbocycles. The Labute approximate surface area is 285 Å². The summed E-state index contributed by atoms with van der Waals surface area (Å²) in [5, 5.41) is 5.92. The van der Waals surface area contributed by atoms with E-state index in [0.29, 0.717) is 5.82 Å². The van der Waals surface area contributed by atoms with Gasteiger partial charge in [-0.15, -0.1) is 0 Å². The summed E-state index contributed by atoms with van der Waals surface area (Å²) in [7, 11) is 0. The molecule has 1 aromatic heterocycles. The van der Waals surface area contributed by atoms with Gasteiger partial charge in [0.1, 0.15) is 5.75 Å². The van der Waals surface area contributed by atoms with Gasteiger partial charge < -0.3 is 10.1 Å². The quantitative estimate of drug-likeness (QED) is 0.199. The van der Waals surface area contributed by atoms with E-state index in [1.165, 1.54) is 16.3 Å². The van der Waals surface area contributed by atoms with Crippen LogP contribution in [0.25, 0.3) is 66.9 Å². The molecule has 0 amide bonds. The molecule has 49 heavy (non-hydrogen) atoms. The fourth-order valence-electron chi connectivity index (χ4n) is 6.68. The number of nitrogens with zero attached hydrogens (tertiary/aromatic N) is 2. The standard InChI is InChI=1S/C45H31N3O/c1-4-13-31(14-5-1)40-29-41(47-44(46-40)34-15-6-2-7-16-34)32-20-22-33(23-21-32)43-37-19-11-10-12-30(37)24-26-38(43)36-25-27-39-42(28-36)49-45(48-39)35-17-8-3-9-18-35/h1-29,45,48H. The van der Waals surface area contributed by atoms with Gasteiger partial charge in [0.2, 0.25) is 0 Å². The number of aromatic nitrogens is 2. The molecule has 232 valence electrons. The number of benzene rings is 7. The molecule has 1 atom stereocenters. The van der Waals surface area contributed by atoms with Crippen molar-refractivity contribution in [3.05, 3.63) is 181 Å². The molecule has 2 heterocycles. The van der Waals surface area contributed by atoms with E-state index in [1.54, 1.807) is 0 Å². The Hall–Kier alpha value is -6.52. The minimum atomic E-state index is -0.207. The van der Waals surface area contributed by atoms with E-state index >= 15 is 0 Å². The van der Waals surface area contributed by atoms with Gasteiger partial charge in [0, 0.05) is 22.3 Å². The van der Waals surface area contributed by atoms with Crippen molar-refractivity contribution < 1.29 is 4.74 Å². The lowest BCUT2D eigenvalue weighted by Crippen LogP contribution is -2.09. The summed E-state index contributed by atoms with van der Waals surface area (Å²) in [5.74, 6) is 1.56. The summed E-state index contributed by atoms with van der Waals surface area (Å²) in [6.45, 7) is 0. The van der Waals surface area contributed by atoms with Gasteiger partial charge in [-0.05, 0) is 51.2 Å². The van der Waals surface area contributed by atoms with E-state index in [2.05, 4.69) is 127 Å². The number of anilines is 1. The van der Waals surface area contributed by atoms with Crippen LogP contribution in [0.2, 0.25) is 0 Å². The van der Waals surface area contributed by atoms with Gasteiger partial charge in [0.25, 0.3) is 0 Å². The van der Waals surface area contributed by atoms with Crippen molar-refractivity contribution in [1.29, 1.82) is 0 Å². The second kappa shape index (κ2) is 12.3. The van der Waals surface area contributed by atoms with Crippen LogP contribution in [-0.4, -0.2) is 9.97 Å². The molecule has 1 unspecified atom stereocenters. The van der Waals surface area contributed by atoms with E-state index in [1.807, 2.05) is 54.6 Å². The number of hydrogen-bond donors (Lipinski definition) is 1. The lowest BCUT2D eigenvalue weighted by Gasteiger charge is -2.15. The number of hydrogen-bond acceptors (Lipinski definition) is 4. The van der Waals surface area contributed by atoms with Crippen LogP contribution in [0.4, 0.5) is 5.69 Å². The maximum Gasteiger partial charge on any atom is 0.196 e. The highest BCUT2D eigenvalue weighted by molar-refractivity contribution is 6.04. The van der Waals surface area contributed by atoms with Crippen LogP contribution < -0.4 is 10.1 Å². The zero-order valence-electron chi connectivity index (χ0n) is 26.6. The summed E-state index contributed by atoms with van der Waals surface area (Å²) < 4.78 is 6.41. The first-order valence-corrected chi connectivity index (χ1v) is 16.5. The maximum atomic E-state index is 6.41. The Kier molecular flexibility index (Phi) is 7.17. The minimum absolute atomic E-state index is 0.207. The lowest BCUT2D eigenvalue weighted by atomic mass is 9.89. The van der Waals surface area contributed by atoms with Gasteiger partial charge >= 0.3 is 0 Å². The smallest absolute Gasteiger partial charge is 0.196 e. The molecule has 4 nitrogen and oxygen atoms in total. The highest BCUT2D eigenvalue weighted by Gasteiger charge is 2.24. The molecule has 0 fully saturated rings. The number of ether oxygens (including phenoxy) is 1. The summed E-state index contributed by atoms with van der Waals surface area (Å²) in [5.41, 5.74) is 11.5. The SMILES string of the molecule is c1ccc(-c2cc(-c3ccc(-c4c(-c5ccc6c(c5)OC(c5ccccc5)N6)ccc5ccccc45)cc3)nc(-c3ccccc3)n2)cc1. The third kappa shape index (κ3) is 5.49. The Morgan fingerprint density at radius 3 is 1.80 bits per heavy atom. The third-order valence-corrected chi connectivity index (χ3v) is 9.15. The molecule has 0 aliphatic carbocycles. The summed E-state index contributed by atoms with van der Waals surface area (Å²) in [6, 6.07) is 61.1. The van der Waals surface area contributed by atoms with Crippen molar-refractivity contribution in [2.75, 3.05) is 5.32 Å². The van der Waals surface area contributed by atoms with E-state index < -0.39 is 0 Å². The summed E-state index contributed by atoms with van der Waals surface area (Å²) in [4.78, 5) is 10.0. The van der Waals surface area contributed by atoms with Crippen molar-refractivity contribution in [2.45, 2.75) is 6.23 Å². The van der Waals surface area contributed by atoms with Gasteiger partial charge in [-0.3, -0.25) is 0 Å². The van der Waals surface area contributed by atoms with Crippen molar-refractivity contribution in [3.8, 4) is 61.9 Å². The van der Waals surface area contributed by atoms with Crippen LogP contribution in [-0.2, 0) is 0 Å². The van der Waals surface area contributed by atoms with E-state index in [9.17, 15) is 0 Å². The number of fused-ring (bicyclic) bond motifs is 2. The van der Waals surface area contributed by atoms with Crippen molar-refractivity contribution in [3.63, 3.8) is 0 Å². The zero-order valence-corrected chi connectivity index (χ0v) is 26.6. The second-order valence-corrected chi connectivity index (χ2v) is 12.2. The first-order chi connectivity index (χ1) is 24.3. The van der Waals surface area contributed by atoms with Gasteiger partial charge in [0.15, 0.2) is 12.1 Å². The van der Waals surface area contributed by atoms with Gasteiger partial charge in [-0.25, -0.2) is 9.97 Å². The minimum Gasteiger partial charge on any atom is -0.464 e. The van der Waals surface area contributed by atoms with Crippen LogP contribution in [0.5, 0.6) is 5.75 Å². The Morgan fingerprint density at radius 1 is 0.469 bits per heavy atom. The van der Waals surface area contributed by atoms with E-state index in [0.717, 1.165) is 61.8 Å². The van der Waals surface area contributed by atoms with Gasteiger partial charge in [-0.1, -0.05) is 158 Å². The number of rotatable bonds is 6. The van der Waals surface area contributed by atoms with Crippen LogP contribution >= 0.6 is 0 Å². The Morgan fingerprint density at radius 2 is 1.06 bits per heavy atom. The first kappa shape index (κ1) is 28.7. The molecule has 8 aromatic rings. The fourth-order valence-corrected chi connectivity index (χ4v) is 6.68. The predicted octanol–water partition coefficient (Wildman–Crippen LogP) is 11.5. The zero-order chi connectivity index (χ0) is 32.6. The molecule has 1 aliphatic rings. The predicted molar refractivity (Wildman–Crippen MR) is 200 cm³/mol. The Bertz CT molecular complexity index is 2370. The molecule has 0 bridgehead atoms. The van der Waals surface area contributed by atoms with Crippen LogP contribution in [0.15, 0.2) is 176 Å². The molecule has 0 saturated carbocycles. The van der Waals surface area contributed by atoms with E-state index in [4.69, 9.17) is 14.7 Å². The van der Waals surface area contributed by atoms with Gasteiger partial charge in [-0.2, -0.15) is 0 Å². The third-order valence-electron chi connectivity index (χ3n) is 9.15.